The monoisotopic (exact) mass is 362 g/mol. The van der Waals surface area contributed by atoms with Crippen molar-refractivity contribution in [2.75, 3.05) is 0 Å². The predicted octanol–water partition coefficient (Wildman–Crippen LogP) is 3.26. The van der Waals surface area contributed by atoms with Crippen LogP contribution in [0.25, 0.3) is 11.1 Å². The van der Waals surface area contributed by atoms with Crippen molar-refractivity contribution in [3.05, 3.63) is 57.8 Å². The minimum Gasteiger partial charge on any atom is -0.483 e. The molecule has 2 heterocycles. The van der Waals surface area contributed by atoms with Crippen LogP contribution < -0.4 is 10.5 Å². The van der Waals surface area contributed by atoms with Gasteiger partial charge >= 0.3 is 11.7 Å². The predicted molar refractivity (Wildman–Crippen MR) is 91.0 cm³/mol. The number of oxazole rings is 1. The normalized spacial score (nSPS) is 12.2. The summed E-state index contributed by atoms with van der Waals surface area (Å²) in [5.41, 5.74) is 1.44. The summed E-state index contributed by atoms with van der Waals surface area (Å²) in [6.07, 6.45) is 1.12. The molecule has 3 aromatic rings. The zero-order valence-electron chi connectivity index (χ0n) is 13.3. The topological polar surface area (TPSA) is 94.6 Å². The van der Waals surface area contributed by atoms with Crippen molar-refractivity contribution in [2.24, 2.45) is 0 Å². The highest BCUT2D eigenvalue weighted by Crippen LogP contribution is 2.32. The first-order valence-electron chi connectivity index (χ1n) is 7.58. The number of rotatable bonds is 6. The number of hydrogen-bond acceptors (Lipinski definition) is 5. The first-order chi connectivity index (χ1) is 12.0. The van der Waals surface area contributed by atoms with Crippen molar-refractivity contribution in [1.82, 2.24) is 9.55 Å². The molecular formula is C17H15ClN2O5. The molecule has 1 atom stereocenters. The van der Waals surface area contributed by atoms with Crippen LogP contribution in [0.4, 0.5) is 0 Å². The number of carboxylic acids is 1. The Morgan fingerprint density at radius 3 is 2.92 bits per heavy atom. The summed E-state index contributed by atoms with van der Waals surface area (Å²) in [4.78, 5) is 26.9. The van der Waals surface area contributed by atoms with E-state index in [2.05, 4.69) is 4.98 Å². The third kappa shape index (κ3) is 3.66. The largest absolute Gasteiger partial charge is 0.483 e. The lowest BCUT2D eigenvalue weighted by molar-refractivity contribution is -0.137. The minimum absolute atomic E-state index is 0.00202. The lowest BCUT2D eigenvalue weighted by Crippen LogP contribution is -2.16. The van der Waals surface area contributed by atoms with Crippen LogP contribution >= 0.6 is 11.6 Å². The fraction of sp³-hybridized carbons (Fsp3) is 0.235. The van der Waals surface area contributed by atoms with Crippen molar-refractivity contribution in [3.63, 3.8) is 0 Å². The van der Waals surface area contributed by atoms with Crippen LogP contribution in [0.15, 0.2) is 45.7 Å². The Bertz CT molecular complexity index is 964. The van der Waals surface area contributed by atoms with Crippen molar-refractivity contribution >= 4 is 28.7 Å². The fourth-order valence-electron chi connectivity index (χ4n) is 2.44. The molecule has 130 valence electrons. The number of aromatic nitrogens is 2. The van der Waals surface area contributed by atoms with Gasteiger partial charge in [0.15, 0.2) is 5.58 Å². The van der Waals surface area contributed by atoms with E-state index in [0.29, 0.717) is 16.3 Å². The molecule has 0 radical (unpaired) electrons. The van der Waals surface area contributed by atoms with E-state index in [-0.39, 0.29) is 24.7 Å². The first kappa shape index (κ1) is 17.0. The number of aryl methyl sites for hydroxylation is 1. The van der Waals surface area contributed by atoms with Crippen LogP contribution in [-0.2, 0) is 11.3 Å². The summed E-state index contributed by atoms with van der Waals surface area (Å²) in [6.45, 7) is 1.83. The molecule has 1 aromatic carbocycles. The maximum atomic E-state index is 11.9. The summed E-state index contributed by atoms with van der Waals surface area (Å²) < 4.78 is 12.2. The third-order valence-electron chi connectivity index (χ3n) is 3.68. The summed E-state index contributed by atoms with van der Waals surface area (Å²) in [5.74, 6) is -1.29. The van der Waals surface area contributed by atoms with E-state index >= 15 is 0 Å². The van der Waals surface area contributed by atoms with Crippen LogP contribution in [-0.4, -0.2) is 20.6 Å². The quantitative estimate of drug-likeness (QED) is 0.723. The molecule has 0 saturated heterocycles. The average molecular weight is 363 g/mol. The van der Waals surface area contributed by atoms with Gasteiger partial charge in [0.1, 0.15) is 11.9 Å². The Balaban J connectivity index is 1.92. The van der Waals surface area contributed by atoms with Gasteiger partial charge in [-0.1, -0.05) is 17.7 Å². The van der Waals surface area contributed by atoms with Gasteiger partial charge in [-0.3, -0.25) is 14.3 Å². The average Bonchev–Trinajstić information content (AvgIpc) is 2.88. The number of aliphatic carboxylic acids is 1. The maximum absolute atomic E-state index is 11.9. The summed E-state index contributed by atoms with van der Waals surface area (Å²) in [7, 11) is 0. The molecule has 2 aromatic heterocycles. The number of benzene rings is 1. The maximum Gasteiger partial charge on any atom is 0.419 e. The molecule has 0 bridgehead atoms. The van der Waals surface area contributed by atoms with Gasteiger partial charge in [0.25, 0.3) is 0 Å². The smallest absolute Gasteiger partial charge is 0.419 e. The number of fused-ring (bicyclic) bond motifs is 1. The summed E-state index contributed by atoms with van der Waals surface area (Å²) in [6, 6.07) is 8.55. The lowest BCUT2D eigenvalue weighted by atomic mass is 10.2. The summed E-state index contributed by atoms with van der Waals surface area (Å²) >= 11 is 6.26. The van der Waals surface area contributed by atoms with Gasteiger partial charge in [0, 0.05) is 18.8 Å². The molecule has 0 spiro atoms. The van der Waals surface area contributed by atoms with E-state index in [1.54, 1.807) is 6.20 Å². The second kappa shape index (κ2) is 6.98. The van der Waals surface area contributed by atoms with Gasteiger partial charge < -0.3 is 14.3 Å². The number of carboxylic acid groups (broad SMARTS) is 1. The Morgan fingerprint density at radius 1 is 1.44 bits per heavy atom. The molecule has 0 aliphatic rings. The van der Waals surface area contributed by atoms with E-state index in [9.17, 15) is 9.59 Å². The van der Waals surface area contributed by atoms with Crippen LogP contribution in [0.1, 0.15) is 25.1 Å². The molecule has 25 heavy (non-hydrogen) atoms. The van der Waals surface area contributed by atoms with E-state index in [1.807, 2.05) is 25.1 Å². The Morgan fingerprint density at radius 2 is 2.24 bits per heavy atom. The Hall–Kier alpha value is -2.80. The minimum atomic E-state index is -1.00. The molecule has 8 heteroatoms. The van der Waals surface area contributed by atoms with E-state index in [0.717, 1.165) is 5.69 Å². The molecule has 0 aliphatic heterocycles. The zero-order chi connectivity index (χ0) is 18.0. The van der Waals surface area contributed by atoms with Gasteiger partial charge in [-0.25, -0.2) is 4.79 Å². The first-order valence-corrected chi connectivity index (χ1v) is 7.96. The van der Waals surface area contributed by atoms with Crippen LogP contribution in [0, 0.1) is 0 Å². The van der Waals surface area contributed by atoms with Gasteiger partial charge in [0.05, 0.1) is 22.7 Å². The number of carbonyl (C=O) groups is 1. The molecule has 1 N–H and O–H groups in total. The number of pyridine rings is 1. The van der Waals surface area contributed by atoms with Crippen molar-refractivity contribution in [2.45, 2.75) is 26.0 Å². The Kier molecular flexibility index (Phi) is 4.76. The molecule has 0 aliphatic carbocycles. The second-order valence-electron chi connectivity index (χ2n) is 5.43. The highest BCUT2D eigenvalue weighted by molar-refractivity contribution is 6.32. The second-order valence-corrected chi connectivity index (χ2v) is 5.84. The number of ether oxygens (including phenoxy) is 1. The SMILES string of the molecule is C[C@H](Oc1cc2oc(=O)n(CCC(=O)O)c2cc1Cl)c1ccccn1. The lowest BCUT2D eigenvalue weighted by Gasteiger charge is -2.15. The molecular weight excluding hydrogens is 348 g/mol. The van der Waals surface area contributed by atoms with E-state index in [4.69, 9.17) is 25.9 Å². The zero-order valence-corrected chi connectivity index (χ0v) is 14.1. The fourth-order valence-corrected chi connectivity index (χ4v) is 2.64. The van der Waals surface area contributed by atoms with Crippen molar-refractivity contribution in [1.29, 1.82) is 0 Å². The van der Waals surface area contributed by atoms with Crippen LogP contribution in [0.3, 0.4) is 0 Å². The van der Waals surface area contributed by atoms with Gasteiger partial charge in [-0.15, -0.1) is 0 Å². The van der Waals surface area contributed by atoms with Crippen LogP contribution in [0.2, 0.25) is 5.02 Å². The summed E-state index contributed by atoms with van der Waals surface area (Å²) in [5, 5.41) is 9.08. The number of nitrogens with zero attached hydrogens (tertiary/aromatic N) is 2. The van der Waals surface area contributed by atoms with Gasteiger partial charge in [-0.05, 0) is 25.1 Å². The molecule has 0 fully saturated rings. The standard InChI is InChI=1S/C17H15ClN2O5/c1-10(12-4-2-3-6-19-12)24-14-9-15-13(8-11(14)18)20(17(23)25-15)7-5-16(21)22/h2-4,6,8-10H,5,7H2,1H3,(H,21,22)/t10-/m0/s1. The number of halogens is 1. The van der Waals surface area contributed by atoms with E-state index < -0.39 is 11.7 Å². The van der Waals surface area contributed by atoms with Crippen molar-refractivity contribution < 1.29 is 19.1 Å². The third-order valence-corrected chi connectivity index (χ3v) is 3.97. The molecule has 3 rings (SSSR count). The molecule has 0 amide bonds. The molecule has 0 saturated carbocycles. The van der Waals surface area contributed by atoms with Crippen molar-refractivity contribution in [3.8, 4) is 5.75 Å². The van der Waals surface area contributed by atoms with E-state index in [1.165, 1.54) is 16.7 Å². The van der Waals surface area contributed by atoms with Gasteiger partial charge in [-0.2, -0.15) is 0 Å². The Labute approximate surface area is 147 Å². The van der Waals surface area contributed by atoms with Crippen LogP contribution in [0.5, 0.6) is 5.75 Å². The molecule has 7 nitrogen and oxygen atoms in total. The highest BCUT2D eigenvalue weighted by atomic mass is 35.5. The highest BCUT2D eigenvalue weighted by Gasteiger charge is 2.16. The molecule has 0 unspecified atom stereocenters. The van der Waals surface area contributed by atoms with Gasteiger partial charge in [0.2, 0.25) is 0 Å². The number of hydrogen-bond donors (Lipinski definition) is 1.